The van der Waals surface area contributed by atoms with E-state index in [1.807, 2.05) is 30.3 Å². The summed E-state index contributed by atoms with van der Waals surface area (Å²) in [5.74, 6) is 0.535. The molecule has 1 amide bonds. The summed E-state index contributed by atoms with van der Waals surface area (Å²) in [6, 6.07) is 12.0. The molecule has 1 aromatic heterocycles. The molecule has 0 radical (unpaired) electrons. The summed E-state index contributed by atoms with van der Waals surface area (Å²) in [4.78, 5) is 16.9. The predicted molar refractivity (Wildman–Crippen MR) is 108 cm³/mol. The highest BCUT2D eigenvalue weighted by Gasteiger charge is 2.19. The van der Waals surface area contributed by atoms with E-state index < -0.39 is 0 Å². The van der Waals surface area contributed by atoms with Crippen LogP contribution >= 0.6 is 11.3 Å². The Morgan fingerprint density at radius 3 is 2.62 bits per heavy atom. The van der Waals surface area contributed by atoms with E-state index in [1.54, 1.807) is 0 Å². The van der Waals surface area contributed by atoms with Gasteiger partial charge in [0.2, 0.25) is 0 Å². The first-order chi connectivity index (χ1) is 12.3. The minimum absolute atomic E-state index is 0.0406. The fourth-order valence-corrected chi connectivity index (χ4v) is 3.73. The lowest BCUT2D eigenvalue weighted by Crippen LogP contribution is -2.21. The Bertz CT molecular complexity index is 954. The van der Waals surface area contributed by atoms with Gasteiger partial charge in [-0.1, -0.05) is 56.4 Å². The Kier molecular flexibility index (Phi) is 5.01. The largest absolute Gasteiger partial charge is 0.483 e. The molecule has 0 aliphatic heterocycles. The fraction of sp³-hybridized carbons (Fsp3) is 0.333. The maximum absolute atomic E-state index is 12.3. The minimum Gasteiger partial charge on any atom is -0.483 e. The standard InChI is InChI=1S/C21H24N2O2S/c1-13-10-11-17-19(14(13)2)23-20(26-17)22-18(24)12-25-16-9-7-6-8-15(16)21(3,4)5/h6-11H,12H2,1-5H3,(H,22,23,24). The number of hydrogen-bond donors (Lipinski definition) is 1. The van der Waals surface area contributed by atoms with Gasteiger partial charge in [0.25, 0.3) is 5.91 Å². The van der Waals surface area contributed by atoms with Crippen molar-refractivity contribution in [3.8, 4) is 5.75 Å². The van der Waals surface area contributed by atoms with E-state index in [4.69, 9.17) is 4.74 Å². The van der Waals surface area contributed by atoms with Gasteiger partial charge in [-0.15, -0.1) is 0 Å². The van der Waals surface area contributed by atoms with Crippen molar-refractivity contribution in [2.24, 2.45) is 0 Å². The number of hydrogen-bond acceptors (Lipinski definition) is 4. The molecule has 136 valence electrons. The molecule has 3 rings (SSSR count). The summed E-state index contributed by atoms with van der Waals surface area (Å²) in [6.07, 6.45) is 0. The van der Waals surface area contributed by atoms with Crippen LogP contribution in [-0.4, -0.2) is 17.5 Å². The number of amides is 1. The number of aryl methyl sites for hydroxylation is 2. The average Bonchev–Trinajstić information content (AvgIpc) is 2.99. The maximum atomic E-state index is 12.3. The van der Waals surface area contributed by atoms with Crippen LogP contribution in [-0.2, 0) is 10.2 Å². The number of anilines is 1. The van der Waals surface area contributed by atoms with Crippen molar-refractivity contribution in [1.29, 1.82) is 0 Å². The predicted octanol–water partition coefficient (Wildman–Crippen LogP) is 5.23. The Morgan fingerprint density at radius 1 is 1.15 bits per heavy atom. The van der Waals surface area contributed by atoms with Gasteiger partial charge < -0.3 is 4.74 Å². The highest BCUT2D eigenvalue weighted by Crippen LogP contribution is 2.31. The molecule has 0 aliphatic carbocycles. The van der Waals surface area contributed by atoms with Crippen molar-refractivity contribution < 1.29 is 9.53 Å². The number of carbonyl (C=O) groups is 1. The van der Waals surface area contributed by atoms with Crippen molar-refractivity contribution in [2.75, 3.05) is 11.9 Å². The van der Waals surface area contributed by atoms with Gasteiger partial charge in [-0.05, 0) is 48.1 Å². The summed E-state index contributed by atoms with van der Waals surface area (Å²) < 4.78 is 6.85. The van der Waals surface area contributed by atoms with E-state index in [0.717, 1.165) is 27.1 Å². The van der Waals surface area contributed by atoms with Gasteiger partial charge in [0.05, 0.1) is 10.2 Å². The molecule has 2 aromatic carbocycles. The Hall–Kier alpha value is -2.40. The summed E-state index contributed by atoms with van der Waals surface area (Å²) in [7, 11) is 0. The molecule has 26 heavy (non-hydrogen) atoms. The lowest BCUT2D eigenvalue weighted by molar-refractivity contribution is -0.118. The van der Waals surface area contributed by atoms with E-state index in [-0.39, 0.29) is 17.9 Å². The monoisotopic (exact) mass is 368 g/mol. The second-order valence-corrected chi connectivity index (χ2v) is 8.49. The topological polar surface area (TPSA) is 51.2 Å². The van der Waals surface area contributed by atoms with Crippen molar-refractivity contribution in [3.63, 3.8) is 0 Å². The number of thiazole rings is 1. The number of rotatable bonds is 4. The van der Waals surface area contributed by atoms with Crippen molar-refractivity contribution in [3.05, 3.63) is 53.1 Å². The van der Waals surface area contributed by atoms with Crippen LogP contribution in [0.5, 0.6) is 5.75 Å². The second-order valence-electron chi connectivity index (χ2n) is 7.46. The van der Waals surface area contributed by atoms with Gasteiger partial charge in [0.1, 0.15) is 5.75 Å². The molecule has 0 saturated carbocycles. The van der Waals surface area contributed by atoms with Crippen molar-refractivity contribution in [1.82, 2.24) is 4.98 Å². The van der Waals surface area contributed by atoms with Crippen LogP contribution < -0.4 is 10.1 Å². The third kappa shape index (κ3) is 3.88. The summed E-state index contributed by atoms with van der Waals surface area (Å²) in [5.41, 5.74) is 4.33. The SMILES string of the molecule is Cc1ccc2sc(NC(=O)COc3ccccc3C(C)(C)C)nc2c1C. The van der Waals surface area contributed by atoms with Gasteiger partial charge in [-0.2, -0.15) is 0 Å². The van der Waals surface area contributed by atoms with Crippen LogP contribution in [0.25, 0.3) is 10.2 Å². The number of benzene rings is 2. The van der Waals surface area contributed by atoms with E-state index in [0.29, 0.717) is 5.13 Å². The van der Waals surface area contributed by atoms with Crippen LogP contribution in [0.4, 0.5) is 5.13 Å². The van der Waals surface area contributed by atoms with Gasteiger partial charge in [-0.25, -0.2) is 4.98 Å². The Balaban J connectivity index is 1.70. The van der Waals surface area contributed by atoms with Crippen LogP contribution in [0.2, 0.25) is 0 Å². The molecule has 4 nitrogen and oxygen atoms in total. The highest BCUT2D eigenvalue weighted by molar-refractivity contribution is 7.22. The fourth-order valence-electron chi connectivity index (χ4n) is 2.79. The van der Waals surface area contributed by atoms with E-state index in [2.05, 4.69) is 51.0 Å². The van der Waals surface area contributed by atoms with Gasteiger partial charge in [0.15, 0.2) is 11.7 Å². The number of ether oxygens (including phenoxy) is 1. The Labute approximate surface area is 158 Å². The molecule has 0 saturated heterocycles. The quantitative estimate of drug-likeness (QED) is 0.686. The molecule has 0 aliphatic rings. The van der Waals surface area contributed by atoms with Crippen LogP contribution in [0.1, 0.15) is 37.5 Å². The minimum atomic E-state index is -0.206. The third-order valence-corrected chi connectivity index (χ3v) is 5.32. The molecule has 5 heteroatoms. The molecular weight excluding hydrogens is 344 g/mol. The number of para-hydroxylation sites is 1. The molecule has 3 aromatic rings. The molecule has 1 heterocycles. The molecule has 0 bridgehead atoms. The number of fused-ring (bicyclic) bond motifs is 1. The maximum Gasteiger partial charge on any atom is 0.264 e. The first kappa shape index (κ1) is 18.4. The van der Waals surface area contributed by atoms with Gasteiger partial charge >= 0.3 is 0 Å². The zero-order chi connectivity index (χ0) is 18.9. The first-order valence-corrected chi connectivity index (χ1v) is 9.46. The molecule has 0 fully saturated rings. The summed E-state index contributed by atoms with van der Waals surface area (Å²) in [5, 5.41) is 3.45. The van der Waals surface area contributed by atoms with Crippen LogP contribution in [0.3, 0.4) is 0 Å². The molecular formula is C21H24N2O2S. The Morgan fingerprint density at radius 2 is 1.88 bits per heavy atom. The third-order valence-electron chi connectivity index (χ3n) is 4.38. The molecule has 1 N–H and O–H groups in total. The number of carbonyl (C=O) groups excluding carboxylic acids is 1. The smallest absolute Gasteiger partial charge is 0.264 e. The zero-order valence-electron chi connectivity index (χ0n) is 15.8. The van der Waals surface area contributed by atoms with Crippen molar-refractivity contribution in [2.45, 2.75) is 40.0 Å². The number of nitrogens with one attached hydrogen (secondary N) is 1. The van der Waals surface area contributed by atoms with E-state index in [1.165, 1.54) is 16.9 Å². The van der Waals surface area contributed by atoms with Crippen molar-refractivity contribution >= 4 is 32.6 Å². The second kappa shape index (κ2) is 7.08. The van der Waals surface area contributed by atoms with Gasteiger partial charge in [0, 0.05) is 0 Å². The van der Waals surface area contributed by atoms with E-state index in [9.17, 15) is 4.79 Å². The van der Waals surface area contributed by atoms with Crippen LogP contribution in [0, 0.1) is 13.8 Å². The number of nitrogens with zero attached hydrogens (tertiary/aromatic N) is 1. The molecule has 0 spiro atoms. The molecule has 0 atom stereocenters. The summed E-state index contributed by atoms with van der Waals surface area (Å²) >= 11 is 1.48. The lowest BCUT2D eigenvalue weighted by Gasteiger charge is -2.22. The zero-order valence-corrected chi connectivity index (χ0v) is 16.7. The normalized spacial score (nSPS) is 11.6. The average molecular weight is 369 g/mol. The summed E-state index contributed by atoms with van der Waals surface area (Å²) in [6.45, 7) is 10.4. The van der Waals surface area contributed by atoms with Gasteiger partial charge in [-0.3, -0.25) is 10.1 Å². The first-order valence-electron chi connectivity index (χ1n) is 8.64. The van der Waals surface area contributed by atoms with Crippen LogP contribution in [0.15, 0.2) is 36.4 Å². The highest BCUT2D eigenvalue weighted by atomic mass is 32.1. The van der Waals surface area contributed by atoms with E-state index >= 15 is 0 Å². The molecule has 0 unspecified atom stereocenters. The number of aromatic nitrogens is 1. The lowest BCUT2D eigenvalue weighted by atomic mass is 9.86.